The van der Waals surface area contributed by atoms with Crippen molar-refractivity contribution in [2.75, 3.05) is 11.9 Å². The zero-order valence-electron chi connectivity index (χ0n) is 12.4. The maximum atomic E-state index is 11.7. The second-order valence-electron chi connectivity index (χ2n) is 4.85. The van der Waals surface area contributed by atoms with Crippen LogP contribution in [0, 0.1) is 12.3 Å². The molecule has 2 N–H and O–H groups in total. The minimum absolute atomic E-state index is 0.0617. The first-order valence-electron chi connectivity index (χ1n) is 6.90. The SMILES string of the molecule is C#CCNC(=O)c1ccc(N[C@@H](C)c2ccc(Cl)cc2Cl)nc1. The van der Waals surface area contributed by atoms with Crippen LogP contribution in [0.15, 0.2) is 36.5 Å². The van der Waals surface area contributed by atoms with Crippen molar-refractivity contribution in [3.8, 4) is 12.3 Å². The summed E-state index contributed by atoms with van der Waals surface area (Å²) in [6.07, 6.45) is 6.59. The molecule has 1 heterocycles. The number of terminal acetylenes is 1. The fourth-order valence-electron chi connectivity index (χ4n) is 2.00. The van der Waals surface area contributed by atoms with Gasteiger partial charge in [0.05, 0.1) is 18.2 Å². The summed E-state index contributed by atoms with van der Waals surface area (Å²) >= 11 is 12.1. The minimum Gasteiger partial charge on any atom is -0.363 e. The van der Waals surface area contributed by atoms with E-state index >= 15 is 0 Å². The summed E-state index contributed by atoms with van der Waals surface area (Å²) in [4.78, 5) is 16.0. The largest absolute Gasteiger partial charge is 0.363 e. The van der Waals surface area contributed by atoms with Crippen LogP contribution in [0.4, 0.5) is 5.82 Å². The maximum Gasteiger partial charge on any atom is 0.253 e. The van der Waals surface area contributed by atoms with Crippen LogP contribution in [0.5, 0.6) is 0 Å². The first-order chi connectivity index (χ1) is 11.0. The number of carbonyl (C=O) groups is 1. The molecule has 1 amide bonds. The standard InChI is InChI=1S/C17H15Cl2N3O/c1-3-8-20-17(23)12-4-7-16(21-10-12)22-11(2)14-6-5-13(18)9-15(14)19/h1,4-7,9-11H,8H2,2H3,(H,20,23)(H,21,22)/t11-/m0/s1. The van der Waals surface area contributed by atoms with Crippen molar-refractivity contribution in [3.63, 3.8) is 0 Å². The van der Waals surface area contributed by atoms with Crippen molar-refractivity contribution >= 4 is 34.9 Å². The predicted molar refractivity (Wildman–Crippen MR) is 93.9 cm³/mol. The van der Waals surface area contributed by atoms with Gasteiger partial charge in [0.1, 0.15) is 5.82 Å². The number of halogens is 2. The van der Waals surface area contributed by atoms with Gasteiger partial charge in [-0.1, -0.05) is 35.2 Å². The Labute approximate surface area is 145 Å². The van der Waals surface area contributed by atoms with E-state index in [-0.39, 0.29) is 18.5 Å². The van der Waals surface area contributed by atoms with Crippen molar-refractivity contribution < 1.29 is 4.79 Å². The number of nitrogens with one attached hydrogen (secondary N) is 2. The Kier molecular flexibility index (Phi) is 5.86. The van der Waals surface area contributed by atoms with Gasteiger partial charge in [-0.15, -0.1) is 6.42 Å². The Morgan fingerprint density at radius 1 is 1.35 bits per heavy atom. The Balaban J connectivity index is 2.05. The monoisotopic (exact) mass is 347 g/mol. The number of anilines is 1. The van der Waals surface area contributed by atoms with Gasteiger partial charge in [0.15, 0.2) is 0 Å². The Morgan fingerprint density at radius 2 is 2.13 bits per heavy atom. The molecule has 0 aliphatic carbocycles. The smallest absolute Gasteiger partial charge is 0.253 e. The third-order valence-electron chi connectivity index (χ3n) is 3.17. The van der Waals surface area contributed by atoms with Crippen LogP contribution in [-0.4, -0.2) is 17.4 Å². The lowest BCUT2D eigenvalue weighted by molar-refractivity contribution is 0.0958. The molecule has 0 radical (unpaired) electrons. The highest BCUT2D eigenvalue weighted by molar-refractivity contribution is 6.35. The van der Waals surface area contributed by atoms with E-state index in [0.29, 0.717) is 21.4 Å². The molecule has 6 heteroatoms. The molecule has 0 spiro atoms. The average Bonchev–Trinajstić information content (AvgIpc) is 2.53. The van der Waals surface area contributed by atoms with Gasteiger partial charge in [0.2, 0.25) is 0 Å². The summed E-state index contributed by atoms with van der Waals surface area (Å²) in [5.41, 5.74) is 1.36. The molecule has 118 valence electrons. The fraction of sp³-hybridized carbons (Fsp3) is 0.176. The van der Waals surface area contributed by atoms with Gasteiger partial charge in [-0.2, -0.15) is 0 Å². The Hall–Kier alpha value is -2.22. The first-order valence-corrected chi connectivity index (χ1v) is 7.66. The van der Waals surface area contributed by atoms with Crippen molar-refractivity contribution in [3.05, 3.63) is 57.7 Å². The fourth-order valence-corrected chi connectivity index (χ4v) is 2.57. The third-order valence-corrected chi connectivity index (χ3v) is 3.73. The lowest BCUT2D eigenvalue weighted by atomic mass is 10.1. The predicted octanol–water partition coefficient (Wildman–Crippen LogP) is 3.92. The van der Waals surface area contributed by atoms with Crippen LogP contribution in [0.25, 0.3) is 0 Å². The van der Waals surface area contributed by atoms with Gasteiger partial charge in [-0.05, 0) is 36.8 Å². The Morgan fingerprint density at radius 3 is 2.74 bits per heavy atom. The lowest BCUT2D eigenvalue weighted by Gasteiger charge is -2.16. The van der Waals surface area contributed by atoms with Crippen LogP contribution < -0.4 is 10.6 Å². The molecule has 2 aromatic rings. The molecule has 23 heavy (non-hydrogen) atoms. The molecule has 0 fully saturated rings. The number of carbonyl (C=O) groups excluding carboxylic acids is 1. The van der Waals surface area contributed by atoms with Crippen LogP contribution >= 0.6 is 23.2 Å². The van der Waals surface area contributed by atoms with E-state index in [1.807, 2.05) is 13.0 Å². The molecule has 0 aliphatic rings. The van der Waals surface area contributed by atoms with Gasteiger partial charge < -0.3 is 10.6 Å². The molecule has 0 bridgehead atoms. The van der Waals surface area contributed by atoms with Crippen LogP contribution in [-0.2, 0) is 0 Å². The summed E-state index contributed by atoms with van der Waals surface area (Å²) in [6, 6.07) is 8.69. The summed E-state index contributed by atoms with van der Waals surface area (Å²) in [6.45, 7) is 2.15. The van der Waals surface area contributed by atoms with Gasteiger partial charge in [0.25, 0.3) is 5.91 Å². The quantitative estimate of drug-likeness (QED) is 0.805. The lowest BCUT2D eigenvalue weighted by Crippen LogP contribution is -2.23. The molecular weight excluding hydrogens is 333 g/mol. The third kappa shape index (κ3) is 4.62. The van der Waals surface area contributed by atoms with Gasteiger partial charge in [-0.25, -0.2) is 4.98 Å². The van der Waals surface area contributed by atoms with E-state index in [2.05, 4.69) is 21.5 Å². The van der Waals surface area contributed by atoms with Gasteiger partial charge >= 0.3 is 0 Å². The van der Waals surface area contributed by atoms with Crippen LogP contribution in [0.1, 0.15) is 28.9 Å². The first kappa shape index (κ1) is 17.1. The highest BCUT2D eigenvalue weighted by atomic mass is 35.5. The number of amides is 1. The van der Waals surface area contributed by atoms with Crippen molar-refractivity contribution in [2.45, 2.75) is 13.0 Å². The molecule has 0 saturated carbocycles. The van der Waals surface area contributed by atoms with E-state index in [0.717, 1.165) is 5.56 Å². The number of hydrogen-bond donors (Lipinski definition) is 2. The molecule has 4 nitrogen and oxygen atoms in total. The summed E-state index contributed by atoms with van der Waals surface area (Å²) in [7, 11) is 0. The number of aromatic nitrogens is 1. The normalized spacial score (nSPS) is 11.4. The second kappa shape index (κ2) is 7.87. The summed E-state index contributed by atoms with van der Waals surface area (Å²) in [5.74, 6) is 2.73. The second-order valence-corrected chi connectivity index (χ2v) is 5.69. The molecule has 0 unspecified atom stereocenters. The molecule has 1 aromatic heterocycles. The number of hydrogen-bond acceptors (Lipinski definition) is 3. The summed E-state index contributed by atoms with van der Waals surface area (Å²) in [5, 5.41) is 6.98. The van der Waals surface area contributed by atoms with E-state index in [9.17, 15) is 4.79 Å². The van der Waals surface area contributed by atoms with Crippen molar-refractivity contribution in [1.82, 2.24) is 10.3 Å². The van der Waals surface area contributed by atoms with Crippen LogP contribution in [0.2, 0.25) is 10.0 Å². The van der Waals surface area contributed by atoms with E-state index in [1.165, 1.54) is 6.20 Å². The van der Waals surface area contributed by atoms with Crippen molar-refractivity contribution in [1.29, 1.82) is 0 Å². The molecular formula is C17H15Cl2N3O. The van der Waals surface area contributed by atoms with E-state index in [4.69, 9.17) is 29.6 Å². The maximum absolute atomic E-state index is 11.7. The number of nitrogens with zero attached hydrogens (tertiary/aromatic N) is 1. The molecule has 1 aromatic carbocycles. The Bertz CT molecular complexity index is 738. The zero-order valence-corrected chi connectivity index (χ0v) is 13.9. The summed E-state index contributed by atoms with van der Waals surface area (Å²) < 4.78 is 0. The number of rotatable bonds is 5. The van der Waals surface area contributed by atoms with E-state index in [1.54, 1.807) is 24.3 Å². The molecule has 2 rings (SSSR count). The average molecular weight is 348 g/mol. The highest BCUT2D eigenvalue weighted by Gasteiger charge is 2.11. The van der Waals surface area contributed by atoms with E-state index < -0.39 is 0 Å². The molecule has 0 saturated heterocycles. The van der Waals surface area contributed by atoms with Crippen molar-refractivity contribution in [2.24, 2.45) is 0 Å². The van der Waals surface area contributed by atoms with Gasteiger partial charge in [-0.3, -0.25) is 4.79 Å². The topological polar surface area (TPSA) is 54.0 Å². The van der Waals surface area contributed by atoms with Gasteiger partial charge in [0, 0.05) is 16.2 Å². The number of pyridine rings is 1. The minimum atomic E-state index is -0.254. The molecule has 1 atom stereocenters. The number of benzene rings is 1. The van der Waals surface area contributed by atoms with Crippen LogP contribution in [0.3, 0.4) is 0 Å². The molecule has 0 aliphatic heterocycles. The highest BCUT2D eigenvalue weighted by Crippen LogP contribution is 2.28. The zero-order chi connectivity index (χ0) is 16.8.